The van der Waals surface area contributed by atoms with Crippen LogP contribution in [0.15, 0.2) is 18.5 Å². The Balaban J connectivity index is 1.81. The van der Waals surface area contributed by atoms with E-state index in [9.17, 15) is 0 Å². The SMILES string of the molecule is CCCNc1cncc(NCC2CCCC(C)C2)c1. The Morgan fingerprint density at radius 1 is 1.21 bits per heavy atom. The second-order valence-electron chi connectivity index (χ2n) is 5.91. The smallest absolute Gasteiger partial charge is 0.0547 e. The highest BCUT2D eigenvalue weighted by Crippen LogP contribution is 2.28. The van der Waals surface area contributed by atoms with E-state index in [0.717, 1.165) is 42.7 Å². The standard InChI is InChI=1S/C16H27N3/c1-3-7-18-15-9-16(12-17-11-15)19-10-14-6-4-5-13(2)8-14/h9,11-14,18-19H,3-8,10H2,1-2H3. The van der Waals surface area contributed by atoms with Crippen molar-refractivity contribution in [3.8, 4) is 0 Å². The lowest BCUT2D eigenvalue weighted by atomic mass is 9.82. The van der Waals surface area contributed by atoms with Gasteiger partial charge in [-0.1, -0.05) is 26.7 Å². The third kappa shape index (κ3) is 4.73. The molecule has 1 aromatic heterocycles. The van der Waals surface area contributed by atoms with Crippen LogP contribution in [-0.4, -0.2) is 18.1 Å². The molecule has 3 heteroatoms. The van der Waals surface area contributed by atoms with Crippen molar-refractivity contribution >= 4 is 11.4 Å². The van der Waals surface area contributed by atoms with Gasteiger partial charge in [0.15, 0.2) is 0 Å². The van der Waals surface area contributed by atoms with E-state index in [4.69, 9.17) is 0 Å². The zero-order chi connectivity index (χ0) is 13.5. The lowest BCUT2D eigenvalue weighted by Crippen LogP contribution is -2.21. The predicted molar refractivity (Wildman–Crippen MR) is 82.6 cm³/mol. The van der Waals surface area contributed by atoms with Crippen molar-refractivity contribution in [1.82, 2.24) is 4.98 Å². The van der Waals surface area contributed by atoms with Crippen LogP contribution in [0.1, 0.15) is 46.0 Å². The minimum atomic E-state index is 0.830. The Hall–Kier alpha value is -1.25. The number of rotatable bonds is 6. The third-order valence-electron chi connectivity index (χ3n) is 3.96. The van der Waals surface area contributed by atoms with Crippen molar-refractivity contribution < 1.29 is 0 Å². The van der Waals surface area contributed by atoms with Crippen LogP contribution in [0.2, 0.25) is 0 Å². The molecule has 0 bridgehead atoms. The van der Waals surface area contributed by atoms with Crippen LogP contribution in [0.4, 0.5) is 11.4 Å². The minimum Gasteiger partial charge on any atom is -0.384 e. The number of nitrogens with zero attached hydrogens (tertiary/aromatic N) is 1. The Morgan fingerprint density at radius 2 is 2.00 bits per heavy atom. The Morgan fingerprint density at radius 3 is 2.74 bits per heavy atom. The maximum atomic E-state index is 4.29. The van der Waals surface area contributed by atoms with Gasteiger partial charge >= 0.3 is 0 Å². The van der Waals surface area contributed by atoms with Crippen molar-refractivity contribution in [2.75, 3.05) is 23.7 Å². The van der Waals surface area contributed by atoms with Crippen LogP contribution in [0.5, 0.6) is 0 Å². The first-order chi connectivity index (χ1) is 9.28. The molecule has 0 saturated heterocycles. The lowest BCUT2D eigenvalue weighted by molar-refractivity contribution is 0.293. The summed E-state index contributed by atoms with van der Waals surface area (Å²) in [5.41, 5.74) is 2.25. The van der Waals surface area contributed by atoms with Gasteiger partial charge in [0, 0.05) is 13.1 Å². The quantitative estimate of drug-likeness (QED) is 0.808. The number of hydrogen-bond donors (Lipinski definition) is 2. The van der Waals surface area contributed by atoms with Gasteiger partial charge in [-0.05, 0) is 37.2 Å². The molecule has 2 N–H and O–H groups in total. The normalized spacial score (nSPS) is 23.1. The summed E-state index contributed by atoms with van der Waals surface area (Å²) in [6, 6.07) is 2.16. The molecular formula is C16H27N3. The summed E-state index contributed by atoms with van der Waals surface area (Å²) in [7, 11) is 0. The third-order valence-corrected chi connectivity index (χ3v) is 3.96. The summed E-state index contributed by atoms with van der Waals surface area (Å²) < 4.78 is 0. The number of aromatic nitrogens is 1. The summed E-state index contributed by atoms with van der Waals surface area (Å²) in [5.74, 6) is 1.73. The molecule has 3 nitrogen and oxygen atoms in total. The van der Waals surface area contributed by atoms with Gasteiger partial charge in [-0.3, -0.25) is 4.98 Å². The van der Waals surface area contributed by atoms with E-state index in [-0.39, 0.29) is 0 Å². The molecule has 0 spiro atoms. The van der Waals surface area contributed by atoms with Crippen molar-refractivity contribution in [2.24, 2.45) is 11.8 Å². The first-order valence-electron chi connectivity index (χ1n) is 7.70. The number of pyridine rings is 1. The number of hydrogen-bond acceptors (Lipinski definition) is 3. The number of nitrogens with one attached hydrogen (secondary N) is 2. The zero-order valence-electron chi connectivity index (χ0n) is 12.3. The molecule has 2 unspecified atom stereocenters. The maximum absolute atomic E-state index is 4.29. The van der Waals surface area contributed by atoms with Crippen molar-refractivity contribution in [1.29, 1.82) is 0 Å². The topological polar surface area (TPSA) is 37.0 Å². The summed E-state index contributed by atoms with van der Waals surface area (Å²) in [6.45, 7) is 6.64. The molecule has 1 fully saturated rings. The molecule has 0 amide bonds. The number of anilines is 2. The van der Waals surface area contributed by atoms with E-state index >= 15 is 0 Å². The van der Waals surface area contributed by atoms with Crippen LogP contribution >= 0.6 is 0 Å². The summed E-state index contributed by atoms with van der Waals surface area (Å²) in [5, 5.41) is 6.93. The predicted octanol–water partition coefficient (Wildman–Crippen LogP) is 4.14. The Labute approximate surface area is 117 Å². The van der Waals surface area contributed by atoms with Crippen molar-refractivity contribution in [3.63, 3.8) is 0 Å². The fraction of sp³-hybridized carbons (Fsp3) is 0.688. The molecule has 0 aliphatic heterocycles. The van der Waals surface area contributed by atoms with Crippen LogP contribution in [-0.2, 0) is 0 Å². The lowest BCUT2D eigenvalue weighted by Gasteiger charge is -2.27. The van der Waals surface area contributed by atoms with Gasteiger partial charge in [-0.15, -0.1) is 0 Å². The van der Waals surface area contributed by atoms with E-state index in [0.29, 0.717) is 0 Å². The maximum Gasteiger partial charge on any atom is 0.0547 e. The largest absolute Gasteiger partial charge is 0.384 e. The minimum absolute atomic E-state index is 0.830. The van der Waals surface area contributed by atoms with E-state index in [1.807, 2.05) is 12.4 Å². The molecule has 106 valence electrons. The molecule has 1 aliphatic carbocycles. The molecular weight excluding hydrogens is 234 g/mol. The second-order valence-corrected chi connectivity index (χ2v) is 5.91. The first-order valence-corrected chi connectivity index (χ1v) is 7.70. The van der Waals surface area contributed by atoms with Gasteiger partial charge in [0.2, 0.25) is 0 Å². The van der Waals surface area contributed by atoms with E-state index < -0.39 is 0 Å². The monoisotopic (exact) mass is 261 g/mol. The van der Waals surface area contributed by atoms with Crippen LogP contribution in [0.3, 0.4) is 0 Å². The van der Waals surface area contributed by atoms with Gasteiger partial charge in [-0.25, -0.2) is 0 Å². The highest BCUT2D eigenvalue weighted by molar-refractivity contribution is 5.53. The summed E-state index contributed by atoms with van der Waals surface area (Å²) in [6.07, 6.45) is 10.5. The van der Waals surface area contributed by atoms with E-state index in [2.05, 4.69) is 35.5 Å². The molecule has 1 saturated carbocycles. The van der Waals surface area contributed by atoms with Crippen LogP contribution in [0.25, 0.3) is 0 Å². The average Bonchev–Trinajstić information content (AvgIpc) is 2.43. The van der Waals surface area contributed by atoms with E-state index in [1.165, 1.54) is 25.7 Å². The Kier molecular flexibility index (Phi) is 5.49. The van der Waals surface area contributed by atoms with Crippen molar-refractivity contribution in [3.05, 3.63) is 18.5 Å². The fourth-order valence-corrected chi connectivity index (χ4v) is 2.91. The van der Waals surface area contributed by atoms with Gasteiger partial charge in [0.1, 0.15) is 0 Å². The van der Waals surface area contributed by atoms with E-state index in [1.54, 1.807) is 0 Å². The molecule has 1 aliphatic rings. The summed E-state index contributed by atoms with van der Waals surface area (Å²) >= 11 is 0. The average molecular weight is 261 g/mol. The molecule has 0 aromatic carbocycles. The molecule has 19 heavy (non-hydrogen) atoms. The first kappa shape index (κ1) is 14.2. The Bertz CT molecular complexity index is 378. The molecule has 1 aromatic rings. The highest BCUT2D eigenvalue weighted by Gasteiger charge is 2.18. The van der Waals surface area contributed by atoms with Crippen molar-refractivity contribution in [2.45, 2.75) is 46.0 Å². The summed E-state index contributed by atoms with van der Waals surface area (Å²) in [4.78, 5) is 4.29. The van der Waals surface area contributed by atoms with Crippen LogP contribution in [0, 0.1) is 11.8 Å². The molecule has 2 rings (SSSR count). The molecule has 2 atom stereocenters. The highest BCUT2D eigenvalue weighted by atomic mass is 14.9. The van der Waals surface area contributed by atoms with Gasteiger partial charge < -0.3 is 10.6 Å². The van der Waals surface area contributed by atoms with Crippen LogP contribution < -0.4 is 10.6 Å². The second kappa shape index (κ2) is 7.37. The fourth-order valence-electron chi connectivity index (χ4n) is 2.91. The van der Waals surface area contributed by atoms with Gasteiger partial charge in [0.05, 0.1) is 23.8 Å². The zero-order valence-corrected chi connectivity index (χ0v) is 12.3. The molecule has 1 heterocycles. The van der Waals surface area contributed by atoms with Gasteiger partial charge in [0.25, 0.3) is 0 Å². The molecule has 0 radical (unpaired) electrons. The van der Waals surface area contributed by atoms with Gasteiger partial charge in [-0.2, -0.15) is 0 Å².